The quantitative estimate of drug-likeness (QED) is 0.441. The number of Topliss-reactive ketones (excluding diaryl/α,β-unsaturated/α-hetero) is 1. The van der Waals surface area contributed by atoms with Crippen molar-refractivity contribution in [3.8, 4) is 0 Å². The number of fused-ring (bicyclic) bond motifs is 2. The Morgan fingerprint density at radius 2 is 2.10 bits per heavy atom. The zero-order valence-electron chi connectivity index (χ0n) is 18.3. The van der Waals surface area contributed by atoms with Gasteiger partial charge in [0.2, 0.25) is 11.4 Å². The lowest BCUT2D eigenvalue weighted by Crippen LogP contribution is -2.57. The van der Waals surface area contributed by atoms with Gasteiger partial charge in [-0.15, -0.1) is 0 Å². The molecule has 6 atom stereocenters. The van der Waals surface area contributed by atoms with Crippen LogP contribution < -0.4 is 0 Å². The van der Waals surface area contributed by atoms with Crippen LogP contribution in [0.1, 0.15) is 58.9 Å². The minimum Gasteiger partial charge on any atom is -0.472 e. The minimum absolute atomic E-state index is 0.0899. The molecule has 5 heteroatoms. The number of aliphatic hydroxyl groups is 1. The van der Waals surface area contributed by atoms with Crippen LogP contribution in [0.25, 0.3) is 0 Å². The smallest absolute Gasteiger partial charge is 0.346 e. The Labute approximate surface area is 178 Å². The number of aryl methyl sites for hydroxylation is 1. The van der Waals surface area contributed by atoms with Crippen molar-refractivity contribution < 1.29 is 23.8 Å². The van der Waals surface area contributed by atoms with Crippen LogP contribution in [0.3, 0.4) is 0 Å². The summed E-state index contributed by atoms with van der Waals surface area (Å²) in [6, 6.07) is 1.97. The van der Waals surface area contributed by atoms with Crippen molar-refractivity contribution in [1.82, 2.24) is 0 Å². The number of carbonyl (C=O) groups is 2. The number of rotatable bonds is 5. The Kier molecular flexibility index (Phi) is 5.29. The normalized spacial score (nSPS) is 38.7. The fourth-order valence-electron chi connectivity index (χ4n) is 5.96. The summed E-state index contributed by atoms with van der Waals surface area (Å²) in [6.45, 7) is 7.61. The van der Waals surface area contributed by atoms with Crippen LogP contribution in [0.5, 0.6) is 0 Å². The summed E-state index contributed by atoms with van der Waals surface area (Å²) < 4.78 is 11.0. The van der Waals surface area contributed by atoms with Gasteiger partial charge in [0.1, 0.15) is 0 Å². The molecule has 2 fully saturated rings. The maximum atomic E-state index is 13.5. The van der Waals surface area contributed by atoms with E-state index < -0.39 is 23.0 Å². The predicted octanol–water partition coefficient (Wildman–Crippen LogP) is 4.40. The van der Waals surface area contributed by atoms with E-state index in [9.17, 15) is 14.7 Å². The Morgan fingerprint density at radius 1 is 1.33 bits per heavy atom. The van der Waals surface area contributed by atoms with Crippen LogP contribution in [0, 0.1) is 23.7 Å². The van der Waals surface area contributed by atoms with E-state index in [0.29, 0.717) is 0 Å². The summed E-state index contributed by atoms with van der Waals surface area (Å²) in [5, 5.41) is 10.6. The molecular weight excluding hydrogens is 380 g/mol. The van der Waals surface area contributed by atoms with Gasteiger partial charge in [0.15, 0.2) is 5.60 Å². The van der Waals surface area contributed by atoms with Crippen molar-refractivity contribution in [3.63, 3.8) is 0 Å². The highest BCUT2D eigenvalue weighted by atomic mass is 16.6. The van der Waals surface area contributed by atoms with E-state index in [2.05, 4.69) is 32.9 Å². The fourth-order valence-corrected chi connectivity index (χ4v) is 5.96. The zero-order valence-corrected chi connectivity index (χ0v) is 18.3. The Bertz CT molecular complexity index is 891. The topological polar surface area (TPSA) is 76.7 Å². The summed E-state index contributed by atoms with van der Waals surface area (Å²) >= 11 is 0. The van der Waals surface area contributed by atoms with Gasteiger partial charge in [0.25, 0.3) is 0 Å². The molecular formula is C25H32O5. The van der Waals surface area contributed by atoms with Gasteiger partial charge in [-0.25, -0.2) is 4.79 Å². The molecule has 2 heterocycles. The lowest BCUT2D eigenvalue weighted by Gasteiger charge is -2.45. The van der Waals surface area contributed by atoms with Gasteiger partial charge in [-0.2, -0.15) is 0 Å². The molecule has 1 aromatic rings. The van der Waals surface area contributed by atoms with Crippen molar-refractivity contribution in [1.29, 1.82) is 0 Å². The van der Waals surface area contributed by atoms with Gasteiger partial charge >= 0.3 is 5.97 Å². The molecule has 0 radical (unpaired) electrons. The van der Waals surface area contributed by atoms with Crippen LogP contribution >= 0.6 is 0 Å². The minimum atomic E-state index is -2.08. The number of esters is 1. The molecule has 2 aliphatic carbocycles. The van der Waals surface area contributed by atoms with E-state index >= 15 is 0 Å². The number of furan rings is 1. The van der Waals surface area contributed by atoms with Crippen molar-refractivity contribution in [2.45, 2.75) is 71.0 Å². The van der Waals surface area contributed by atoms with Crippen LogP contribution in [-0.2, 0) is 20.7 Å². The first kappa shape index (κ1) is 21.1. The molecule has 4 rings (SSSR count). The number of hydrogen-bond acceptors (Lipinski definition) is 5. The Morgan fingerprint density at radius 3 is 2.73 bits per heavy atom. The van der Waals surface area contributed by atoms with Crippen molar-refractivity contribution in [3.05, 3.63) is 47.5 Å². The second kappa shape index (κ2) is 7.52. The molecule has 0 amide bonds. The van der Waals surface area contributed by atoms with E-state index in [1.807, 2.05) is 6.07 Å². The predicted molar refractivity (Wildman–Crippen MR) is 112 cm³/mol. The number of allylic oxidation sites excluding steroid dienone is 2. The molecule has 1 N–H and O–H groups in total. The third kappa shape index (κ3) is 3.18. The van der Waals surface area contributed by atoms with Gasteiger partial charge in [-0.3, -0.25) is 4.79 Å². The van der Waals surface area contributed by atoms with E-state index in [4.69, 9.17) is 9.15 Å². The summed E-state index contributed by atoms with van der Waals surface area (Å²) in [4.78, 5) is 26.1. The van der Waals surface area contributed by atoms with Crippen molar-refractivity contribution >= 4 is 11.8 Å². The maximum Gasteiger partial charge on any atom is 0.346 e. The van der Waals surface area contributed by atoms with Crippen LogP contribution in [-0.4, -0.2) is 28.1 Å². The summed E-state index contributed by atoms with van der Waals surface area (Å²) in [7, 11) is 0. The van der Waals surface area contributed by atoms with E-state index in [0.717, 1.165) is 37.7 Å². The second-order valence-corrected chi connectivity index (χ2v) is 9.71. The first-order chi connectivity index (χ1) is 14.2. The second-order valence-electron chi connectivity index (χ2n) is 9.71. The van der Waals surface area contributed by atoms with Crippen LogP contribution in [0.15, 0.2) is 46.3 Å². The number of hydrogen-bond donors (Lipinski definition) is 1. The lowest BCUT2D eigenvalue weighted by atomic mass is 9.60. The van der Waals surface area contributed by atoms with Gasteiger partial charge in [0.05, 0.1) is 12.5 Å². The van der Waals surface area contributed by atoms with Gasteiger partial charge in [-0.1, -0.05) is 30.2 Å². The Hall–Kier alpha value is -2.14. The summed E-state index contributed by atoms with van der Waals surface area (Å²) in [5.74, 6) is -1.25. The van der Waals surface area contributed by atoms with Gasteiger partial charge in [-0.05, 0) is 76.3 Å². The van der Waals surface area contributed by atoms with Crippen molar-refractivity contribution in [2.75, 3.05) is 0 Å². The standard InChI is InChI=1S/C25H32O5/c1-15(6-5-7-18-10-11-29-14-18)12-19-13-17(3)20-9-8-16(2)21(20)25(19)22(26)24(4,28)23(27)30-25/h10-14,16,19-21,28H,5-9H2,1-4H3. The van der Waals surface area contributed by atoms with Crippen molar-refractivity contribution in [2.24, 2.45) is 23.7 Å². The average molecular weight is 413 g/mol. The highest BCUT2D eigenvalue weighted by Crippen LogP contribution is 2.57. The lowest BCUT2D eigenvalue weighted by molar-refractivity contribution is -0.167. The third-order valence-electron chi connectivity index (χ3n) is 7.53. The molecule has 0 bridgehead atoms. The maximum absolute atomic E-state index is 13.5. The molecule has 30 heavy (non-hydrogen) atoms. The highest BCUT2D eigenvalue weighted by molar-refractivity contribution is 6.16. The van der Waals surface area contributed by atoms with Gasteiger partial charge in [0, 0.05) is 11.8 Å². The largest absolute Gasteiger partial charge is 0.472 e. The molecule has 3 aliphatic rings. The molecule has 1 aliphatic heterocycles. The van der Waals surface area contributed by atoms with Gasteiger partial charge < -0.3 is 14.3 Å². The van der Waals surface area contributed by atoms with E-state index in [1.54, 1.807) is 12.5 Å². The molecule has 1 spiro atoms. The monoisotopic (exact) mass is 412 g/mol. The molecule has 162 valence electrons. The molecule has 6 unspecified atom stereocenters. The molecule has 1 saturated heterocycles. The first-order valence-corrected chi connectivity index (χ1v) is 11.0. The third-order valence-corrected chi connectivity index (χ3v) is 7.53. The summed E-state index contributed by atoms with van der Waals surface area (Å²) in [6.07, 6.45) is 12.4. The van der Waals surface area contributed by atoms with Crippen LogP contribution in [0.2, 0.25) is 0 Å². The average Bonchev–Trinajstić information content (AvgIpc) is 3.37. The molecule has 1 saturated carbocycles. The van der Waals surface area contributed by atoms with E-state index in [1.165, 1.54) is 18.1 Å². The first-order valence-electron chi connectivity index (χ1n) is 11.0. The zero-order chi connectivity index (χ0) is 21.7. The number of ether oxygens (including phenoxy) is 1. The fraction of sp³-hybridized carbons (Fsp3) is 0.600. The molecule has 5 nitrogen and oxygen atoms in total. The number of ketones is 1. The van der Waals surface area contributed by atoms with Crippen LogP contribution in [0.4, 0.5) is 0 Å². The number of carbonyl (C=O) groups excluding carboxylic acids is 2. The van der Waals surface area contributed by atoms with E-state index in [-0.39, 0.29) is 23.7 Å². The summed E-state index contributed by atoms with van der Waals surface area (Å²) in [5.41, 5.74) is 0.218. The SMILES string of the molecule is CC(=CC1C=C(C)C2CCC(C)C2C12OC(=O)C(C)(O)C2=O)CCCc1ccoc1. The molecule has 0 aromatic carbocycles. The Balaban J connectivity index is 1.66. The highest BCUT2D eigenvalue weighted by Gasteiger charge is 2.71. The molecule has 1 aromatic heterocycles.